The number of carboxylic acid groups (broad SMARTS) is 1. The van der Waals surface area contributed by atoms with Gasteiger partial charge in [-0.3, -0.25) is 4.79 Å². The predicted molar refractivity (Wildman–Crippen MR) is 65.7 cm³/mol. The van der Waals surface area contributed by atoms with E-state index >= 15 is 0 Å². The first-order chi connectivity index (χ1) is 9.13. The summed E-state index contributed by atoms with van der Waals surface area (Å²) in [7, 11) is 0. The van der Waals surface area contributed by atoms with Gasteiger partial charge in [0.15, 0.2) is 0 Å². The number of carbonyl (C=O) groups is 2. The summed E-state index contributed by atoms with van der Waals surface area (Å²) in [4.78, 5) is 24.8. The lowest BCUT2D eigenvalue weighted by Crippen LogP contribution is -2.54. The van der Waals surface area contributed by atoms with Gasteiger partial charge in [-0.25, -0.2) is 4.79 Å². The zero-order chi connectivity index (χ0) is 13.8. The standard InChI is InChI=1S/C12H20N2O5/c15-5-8-3-1-2-4-14(8)12(18)13-10-7-19-6-9(10)11(16)17/h8-10,15H,1-7H2,(H,13,18)(H,16,17). The van der Waals surface area contributed by atoms with Gasteiger partial charge in [0.25, 0.3) is 0 Å². The number of nitrogens with one attached hydrogen (secondary N) is 1. The number of ether oxygens (including phenoxy) is 1. The molecule has 0 aliphatic carbocycles. The van der Waals surface area contributed by atoms with E-state index in [2.05, 4.69) is 5.32 Å². The van der Waals surface area contributed by atoms with Gasteiger partial charge in [-0.1, -0.05) is 0 Å². The highest BCUT2D eigenvalue weighted by atomic mass is 16.5. The quantitative estimate of drug-likeness (QED) is 0.652. The predicted octanol–water partition coefficient (Wildman–Crippen LogP) is -0.358. The number of amides is 2. The van der Waals surface area contributed by atoms with Gasteiger partial charge in [-0.15, -0.1) is 0 Å². The number of piperidine rings is 1. The van der Waals surface area contributed by atoms with E-state index in [9.17, 15) is 14.7 Å². The highest BCUT2D eigenvalue weighted by Gasteiger charge is 2.37. The van der Waals surface area contributed by atoms with Crippen LogP contribution in [0.4, 0.5) is 4.79 Å². The Hall–Kier alpha value is -1.34. The highest BCUT2D eigenvalue weighted by Crippen LogP contribution is 2.18. The second-order valence-electron chi connectivity index (χ2n) is 5.06. The number of hydrogen-bond acceptors (Lipinski definition) is 4. The monoisotopic (exact) mass is 272 g/mol. The second-order valence-corrected chi connectivity index (χ2v) is 5.06. The van der Waals surface area contributed by atoms with E-state index in [1.165, 1.54) is 0 Å². The zero-order valence-corrected chi connectivity index (χ0v) is 10.7. The summed E-state index contributed by atoms with van der Waals surface area (Å²) >= 11 is 0. The number of nitrogens with zero attached hydrogens (tertiary/aromatic N) is 1. The maximum atomic E-state index is 12.1. The van der Waals surface area contributed by atoms with E-state index in [0.717, 1.165) is 19.3 Å². The molecule has 2 fully saturated rings. The first-order valence-electron chi connectivity index (χ1n) is 6.62. The second kappa shape index (κ2) is 6.21. The van der Waals surface area contributed by atoms with E-state index in [-0.39, 0.29) is 31.9 Å². The minimum absolute atomic E-state index is 0.0586. The van der Waals surface area contributed by atoms with Crippen molar-refractivity contribution in [2.45, 2.75) is 31.3 Å². The summed E-state index contributed by atoms with van der Waals surface area (Å²) in [5, 5.41) is 21.0. The molecule has 19 heavy (non-hydrogen) atoms. The molecule has 7 heteroatoms. The van der Waals surface area contributed by atoms with E-state index in [0.29, 0.717) is 6.54 Å². The number of hydrogen-bond donors (Lipinski definition) is 3. The zero-order valence-electron chi connectivity index (χ0n) is 10.7. The van der Waals surface area contributed by atoms with Crippen LogP contribution in [0.3, 0.4) is 0 Å². The Morgan fingerprint density at radius 3 is 2.79 bits per heavy atom. The highest BCUT2D eigenvalue weighted by molar-refractivity contribution is 5.77. The van der Waals surface area contributed by atoms with Crippen molar-refractivity contribution in [1.82, 2.24) is 10.2 Å². The molecule has 0 aromatic rings. The van der Waals surface area contributed by atoms with Gasteiger partial charge in [0, 0.05) is 6.54 Å². The Labute approximate surface area is 111 Å². The van der Waals surface area contributed by atoms with Gasteiger partial charge in [-0.05, 0) is 19.3 Å². The number of carboxylic acids is 1. The Morgan fingerprint density at radius 2 is 2.11 bits per heavy atom. The molecule has 3 unspecified atom stereocenters. The summed E-state index contributed by atoms with van der Waals surface area (Å²) in [6.45, 7) is 0.892. The molecule has 2 heterocycles. The number of carbonyl (C=O) groups excluding carboxylic acids is 1. The lowest BCUT2D eigenvalue weighted by atomic mass is 10.0. The molecule has 0 radical (unpaired) electrons. The summed E-state index contributed by atoms with van der Waals surface area (Å²) in [5.74, 6) is -1.65. The Bertz CT molecular complexity index is 349. The third kappa shape index (κ3) is 3.16. The molecule has 7 nitrogen and oxygen atoms in total. The van der Waals surface area contributed by atoms with Crippen molar-refractivity contribution < 1.29 is 24.5 Å². The molecule has 108 valence electrons. The molecule has 0 aromatic heterocycles. The lowest BCUT2D eigenvalue weighted by Gasteiger charge is -2.35. The van der Waals surface area contributed by atoms with Gasteiger partial charge in [-0.2, -0.15) is 0 Å². The fourth-order valence-corrected chi connectivity index (χ4v) is 2.64. The number of aliphatic carboxylic acids is 1. The van der Waals surface area contributed by atoms with Crippen molar-refractivity contribution >= 4 is 12.0 Å². The number of aliphatic hydroxyl groups excluding tert-OH is 1. The molecule has 2 amide bonds. The van der Waals surface area contributed by atoms with Crippen molar-refractivity contribution in [2.24, 2.45) is 5.92 Å². The third-order valence-electron chi connectivity index (χ3n) is 3.81. The first kappa shape index (κ1) is 14.1. The van der Waals surface area contributed by atoms with Crippen LogP contribution in [0.1, 0.15) is 19.3 Å². The smallest absolute Gasteiger partial charge is 0.318 e. The van der Waals surface area contributed by atoms with Crippen LogP contribution in [-0.4, -0.2) is 65.6 Å². The summed E-state index contributed by atoms with van der Waals surface area (Å²) in [6, 6.07) is -0.967. The fourth-order valence-electron chi connectivity index (χ4n) is 2.64. The van der Waals surface area contributed by atoms with Gasteiger partial charge in [0.2, 0.25) is 0 Å². The summed E-state index contributed by atoms with van der Waals surface area (Å²) in [6.07, 6.45) is 2.69. The molecule has 0 saturated carbocycles. The van der Waals surface area contributed by atoms with Crippen molar-refractivity contribution in [1.29, 1.82) is 0 Å². The van der Waals surface area contributed by atoms with Gasteiger partial charge < -0.3 is 25.2 Å². The number of rotatable bonds is 3. The SMILES string of the molecule is O=C(O)C1COCC1NC(=O)N1CCCCC1CO. The summed E-state index contributed by atoms with van der Waals surface area (Å²) < 4.78 is 5.11. The van der Waals surface area contributed by atoms with E-state index in [1.807, 2.05) is 0 Å². The molecular formula is C12H20N2O5. The average Bonchev–Trinajstić information content (AvgIpc) is 2.87. The minimum Gasteiger partial charge on any atom is -0.481 e. The fraction of sp³-hybridized carbons (Fsp3) is 0.833. The molecule has 2 aliphatic rings. The maximum Gasteiger partial charge on any atom is 0.318 e. The molecule has 3 N–H and O–H groups in total. The first-order valence-corrected chi connectivity index (χ1v) is 6.62. The number of likely N-dealkylation sites (tertiary alicyclic amines) is 1. The van der Waals surface area contributed by atoms with Gasteiger partial charge >= 0.3 is 12.0 Å². The summed E-state index contributed by atoms with van der Waals surface area (Å²) in [5.41, 5.74) is 0. The Morgan fingerprint density at radius 1 is 1.32 bits per heavy atom. The number of urea groups is 1. The third-order valence-corrected chi connectivity index (χ3v) is 3.81. The largest absolute Gasteiger partial charge is 0.481 e. The van der Waals surface area contributed by atoms with Crippen LogP contribution >= 0.6 is 0 Å². The van der Waals surface area contributed by atoms with Crippen LogP contribution in [0.15, 0.2) is 0 Å². The van der Waals surface area contributed by atoms with Gasteiger partial charge in [0.1, 0.15) is 5.92 Å². The van der Waals surface area contributed by atoms with Crippen molar-refractivity contribution in [3.63, 3.8) is 0 Å². The molecule has 2 rings (SSSR count). The van der Waals surface area contributed by atoms with Crippen LogP contribution in [0, 0.1) is 5.92 Å². The molecular weight excluding hydrogens is 252 g/mol. The molecule has 0 spiro atoms. The van der Waals surface area contributed by atoms with E-state index < -0.39 is 17.9 Å². The Balaban J connectivity index is 1.94. The van der Waals surface area contributed by atoms with E-state index in [1.54, 1.807) is 4.90 Å². The van der Waals surface area contributed by atoms with E-state index in [4.69, 9.17) is 9.84 Å². The van der Waals surface area contributed by atoms with Gasteiger partial charge in [0.05, 0.1) is 31.9 Å². The van der Waals surface area contributed by atoms with Crippen LogP contribution in [0.2, 0.25) is 0 Å². The Kier molecular flexibility index (Phi) is 4.60. The minimum atomic E-state index is -0.958. The molecule has 3 atom stereocenters. The molecule has 2 saturated heterocycles. The average molecular weight is 272 g/mol. The molecule has 0 aromatic carbocycles. The van der Waals surface area contributed by atoms with Crippen molar-refractivity contribution in [2.75, 3.05) is 26.4 Å². The lowest BCUT2D eigenvalue weighted by molar-refractivity contribution is -0.142. The van der Waals surface area contributed by atoms with Crippen molar-refractivity contribution in [3.05, 3.63) is 0 Å². The number of aliphatic hydroxyl groups is 1. The van der Waals surface area contributed by atoms with Crippen LogP contribution < -0.4 is 5.32 Å². The molecule has 2 aliphatic heterocycles. The van der Waals surface area contributed by atoms with Crippen LogP contribution in [-0.2, 0) is 9.53 Å². The maximum absolute atomic E-state index is 12.1. The van der Waals surface area contributed by atoms with Crippen LogP contribution in [0.25, 0.3) is 0 Å². The topological polar surface area (TPSA) is 99.1 Å². The van der Waals surface area contributed by atoms with Crippen molar-refractivity contribution in [3.8, 4) is 0 Å². The normalized spacial score (nSPS) is 31.2. The molecule has 0 bridgehead atoms. The van der Waals surface area contributed by atoms with Crippen LogP contribution in [0.5, 0.6) is 0 Å².